The summed E-state index contributed by atoms with van der Waals surface area (Å²) in [7, 11) is 0. The normalized spacial score (nSPS) is 10.5. The summed E-state index contributed by atoms with van der Waals surface area (Å²) in [6.07, 6.45) is 0. The molecule has 2 N–H and O–H groups in total. The topological polar surface area (TPSA) is 62.5 Å². The Morgan fingerprint density at radius 1 is 1.17 bits per heavy atom. The molecule has 0 aliphatic rings. The second kappa shape index (κ2) is 5.71. The molecule has 0 fully saturated rings. The Bertz CT molecular complexity index is 533. The molecule has 0 atom stereocenters. The summed E-state index contributed by atoms with van der Waals surface area (Å²) >= 11 is 5.78. The van der Waals surface area contributed by atoms with E-state index in [1.807, 2.05) is 24.3 Å². The van der Waals surface area contributed by atoms with Crippen LogP contribution >= 0.6 is 11.6 Å². The van der Waals surface area contributed by atoms with E-state index in [4.69, 9.17) is 21.1 Å². The van der Waals surface area contributed by atoms with Crippen LogP contribution in [0.3, 0.4) is 0 Å². The standard InChI is InChI=1S/C13H12ClNO3/c14-10-3-1-9(2-4-10)7-15-8-11-5-6-12(18-11)13(16)17/h1-6,15H,7-8H2,(H,16,17). The van der Waals surface area contributed by atoms with Gasteiger partial charge in [0, 0.05) is 11.6 Å². The SMILES string of the molecule is O=C(O)c1ccc(CNCc2ccc(Cl)cc2)o1. The molecule has 1 aromatic carbocycles. The summed E-state index contributed by atoms with van der Waals surface area (Å²) in [5.74, 6) is -0.501. The first-order valence-electron chi connectivity index (χ1n) is 5.42. The molecule has 1 aromatic heterocycles. The van der Waals surface area contributed by atoms with Crippen LogP contribution in [0.4, 0.5) is 0 Å². The highest BCUT2D eigenvalue weighted by Gasteiger charge is 2.08. The molecule has 5 heteroatoms. The molecular formula is C13H12ClNO3. The van der Waals surface area contributed by atoms with E-state index in [9.17, 15) is 4.79 Å². The Hall–Kier alpha value is -1.78. The third-order valence-corrected chi connectivity index (χ3v) is 2.67. The van der Waals surface area contributed by atoms with Crippen molar-refractivity contribution in [3.8, 4) is 0 Å². The van der Waals surface area contributed by atoms with Crippen LogP contribution in [0.2, 0.25) is 5.02 Å². The summed E-state index contributed by atoms with van der Waals surface area (Å²) in [5.41, 5.74) is 1.10. The van der Waals surface area contributed by atoms with Crippen LogP contribution in [0.5, 0.6) is 0 Å². The first-order valence-corrected chi connectivity index (χ1v) is 5.80. The van der Waals surface area contributed by atoms with Crippen molar-refractivity contribution >= 4 is 17.6 Å². The zero-order valence-corrected chi connectivity index (χ0v) is 10.3. The van der Waals surface area contributed by atoms with E-state index in [2.05, 4.69) is 5.32 Å². The summed E-state index contributed by atoms with van der Waals surface area (Å²) in [4.78, 5) is 10.6. The van der Waals surface area contributed by atoms with Gasteiger partial charge in [0.15, 0.2) is 0 Å². The molecule has 0 unspecified atom stereocenters. The largest absolute Gasteiger partial charge is 0.475 e. The van der Waals surface area contributed by atoms with E-state index in [1.54, 1.807) is 6.07 Å². The van der Waals surface area contributed by atoms with Crippen molar-refractivity contribution in [1.82, 2.24) is 5.32 Å². The first-order chi connectivity index (χ1) is 8.65. The van der Waals surface area contributed by atoms with Crippen LogP contribution in [0.15, 0.2) is 40.8 Å². The van der Waals surface area contributed by atoms with Crippen LogP contribution in [-0.4, -0.2) is 11.1 Å². The second-order valence-electron chi connectivity index (χ2n) is 3.80. The lowest BCUT2D eigenvalue weighted by atomic mass is 10.2. The summed E-state index contributed by atoms with van der Waals surface area (Å²) < 4.78 is 5.12. The molecule has 1 heterocycles. The lowest BCUT2D eigenvalue weighted by Crippen LogP contribution is -2.12. The highest BCUT2D eigenvalue weighted by Crippen LogP contribution is 2.10. The summed E-state index contributed by atoms with van der Waals surface area (Å²) in [5, 5.41) is 12.6. The lowest BCUT2D eigenvalue weighted by Gasteiger charge is -2.03. The van der Waals surface area contributed by atoms with Gasteiger partial charge < -0.3 is 14.8 Å². The van der Waals surface area contributed by atoms with Gasteiger partial charge in [-0.25, -0.2) is 4.79 Å². The number of carboxylic acids is 1. The molecule has 0 aliphatic heterocycles. The van der Waals surface area contributed by atoms with Crippen LogP contribution < -0.4 is 5.32 Å². The molecule has 18 heavy (non-hydrogen) atoms. The van der Waals surface area contributed by atoms with Gasteiger partial charge in [0.2, 0.25) is 5.76 Å². The van der Waals surface area contributed by atoms with Gasteiger partial charge >= 0.3 is 5.97 Å². The Morgan fingerprint density at radius 3 is 2.50 bits per heavy atom. The van der Waals surface area contributed by atoms with Crippen LogP contribution in [0.1, 0.15) is 21.9 Å². The number of rotatable bonds is 5. The maximum Gasteiger partial charge on any atom is 0.371 e. The van der Waals surface area contributed by atoms with E-state index in [0.717, 1.165) is 5.56 Å². The molecular weight excluding hydrogens is 254 g/mol. The average Bonchev–Trinajstić information content (AvgIpc) is 2.81. The van der Waals surface area contributed by atoms with E-state index in [-0.39, 0.29) is 5.76 Å². The van der Waals surface area contributed by atoms with Gasteiger partial charge in [-0.2, -0.15) is 0 Å². The molecule has 2 rings (SSSR count). The van der Waals surface area contributed by atoms with Crippen molar-refractivity contribution in [2.75, 3.05) is 0 Å². The molecule has 94 valence electrons. The number of hydrogen-bond donors (Lipinski definition) is 2. The minimum Gasteiger partial charge on any atom is -0.475 e. The fourth-order valence-corrected chi connectivity index (χ4v) is 1.65. The maximum absolute atomic E-state index is 10.6. The van der Waals surface area contributed by atoms with Crippen molar-refractivity contribution in [3.05, 3.63) is 58.5 Å². The molecule has 0 amide bonds. The Kier molecular flexibility index (Phi) is 4.02. The molecule has 0 saturated heterocycles. The molecule has 0 aliphatic carbocycles. The van der Waals surface area contributed by atoms with Gasteiger partial charge in [-0.05, 0) is 29.8 Å². The van der Waals surface area contributed by atoms with Crippen LogP contribution in [0.25, 0.3) is 0 Å². The fourth-order valence-electron chi connectivity index (χ4n) is 1.52. The first kappa shape index (κ1) is 12.7. The molecule has 0 radical (unpaired) electrons. The van der Waals surface area contributed by atoms with Gasteiger partial charge in [-0.1, -0.05) is 23.7 Å². The smallest absolute Gasteiger partial charge is 0.371 e. The molecule has 0 bridgehead atoms. The monoisotopic (exact) mass is 265 g/mol. The zero-order chi connectivity index (χ0) is 13.0. The zero-order valence-electron chi connectivity index (χ0n) is 9.52. The van der Waals surface area contributed by atoms with Gasteiger partial charge in [0.1, 0.15) is 5.76 Å². The van der Waals surface area contributed by atoms with Gasteiger partial charge in [0.05, 0.1) is 6.54 Å². The van der Waals surface area contributed by atoms with Crippen molar-refractivity contribution < 1.29 is 14.3 Å². The van der Waals surface area contributed by atoms with E-state index < -0.39 is 5.97 Å². The Labute approximate surface area is 109 Å². The number of furan rings is 1. The number of carbonyl (C=O) groups is 1. The third kappa shape index (κ3) is 3.35. The van der Waals surface area contributed by atoms with E-state index >= 15 is 0 Å². The number of aromatic carboxylic acids is 1. The number of carboxylic acid groups (broad SMARTS) is 1. The predicted octanol–water partition coefficient (Wildman–Crippen LogP) is 2.92. The molecule has 2 aromatic rings. The van der Waals surface area contributed by atoms with Crippen molar-refractivity contribution in [1.29, 1.82) is 0 Å². The Balaban J connectivity index is 1.84. The van der Waals surface area contributed by atoms with Crippen LogP contribution in [0, 0.1) is 0 Å². The van der Waals surface area contributed by atoms with Crippen molar-refractivity contribution in [2.24, 2.45) is 0 Å². The second-order valence-corrected chi connectivity index (χ2v) is 4.24. The van der Waals surface area contributed by atoms with Gasteiger partial charge in [-0.15, -0.1) is 0 Å². The number of halogens is 1. The average molecular weight is 266 g/mol. The fraction of sp³-hybridized carbons (Fsp3) is 0.154. The highest BCUT2D eigenvalue weighted by molar-refractivity contribution is 6.30. The Morgan fingerprint density at radius 2 is 1.89 bits per heavy atom. The number of benzene rings is 1. The molecule has 0 spiro atoms. The lowest BCUT2D eigenvalue weighted by molar-refractivity contribution is 0.0660. The maximum atomic E-state index is 10.6. The summed E-state index contributed by atoms with van der Waals surface area (Å²) in [6.45, 7) is 1.15. The van der Waals surface area contributed by atoms with Gasteiger partial charge in [-0.3, -0.25) is 0 Å². The minimum absolute atomic E-state index is 0.0432. The minimum atomic E-state index is -1.06. The third-order valence-electron chi connectivity index (χ3n) is 2.41. The molecule has 0 saturated carbocycles. The number of nitrogens with one attached hydrogen (secondary N) is 1. The van der Waals surface area contributed by atoms with Crippen LogP contribution in [-0.2, 0) is 13.1 Å². The number of hydrogen-bond acceptors (Lipinski definition) is 3. The quantitative estimate of drug-likeness (QED) is 0.873. The van der Waals surface area contributed by atoms with Crippen molar-refractivity contribution in [2.45, 2.75) is 13.1 Å². The predicted molar refractivity (Wildman–Crippen MR) is 67.7 cm³/mol. The highest BCUT2D eigenvalue weighted by atomic mass is 35.5. The van der Waals surface area contributed by atoms with E-state index in [0.29, 0.717) is 23.9 Å². The van der Waals surface area contributed by atoms with Crippen molar-refractivity contribution in [3.63, 3.8) is 0 Å². The summed E-state index contributed by atoms with van der Waals surface area (Å²) in [6, 6.07) is 10.6. The molecule has 4 nitrogen and oxygen atoms in total. The van der Waals surface area contributed by atoms with Gasteiger partial charge in [0.25, 0.3) is 0 Å². The van der Waals surface area contributed by atoms with E-state index in [1.165, 1.54) is 6.07 Å².